The smallest absolute Gasteiger partial charge is 0.00187 e. The van der Waals surface area contributed by atoms with Gasteiger partial charge in [-0.1, -0.05) is 65.7 Å². The van der Waals surface area contributed by atoms with Gasteiger partial charge in [-0.3, -0.25) is 0 Å². The van der Waals surface area contributed by atoms with Crippen LogP contribution in [-0.2, 0) is 0 Å². The molecule has 0 rings (SSSR count). The SMILES string of the molecule is [CH2]CCCN(CCCCCC)CCCCCC. The third-order valence-corrected chi connectivity index (χ3v) is 3.38. The molecule has 0 saturated carbocycles. The molecule has 0 unspecified atom stereocenters. The molecule has 1 heteroatoms. The molecule has 0 heterocycles. The molecule has 0 aliphatic heterocycles. The van der Waals surface area contributed by atoms with Crippen LogP contribution in [-0.4, -0.2) is 24.5 Å². The molecule has 17 heavy (non-hydrogen) atoms. The maximum Gasteiger partial charge on any atom is -0.00187 e. The van der Waals surface area contributed by atoms with Crippen LogP contribution in [0.5, 0.6) is 0 Å². The van der Waals surface area contributed by atoms with E-state index in [1.54, 1.807) is 0 Å². The highest BCUT2D eigenvalue weighted by molar-refractivity contribution is 4.59. The van der Waals surface area contributed by atoms with Crippen LogP contribution < -0.4 is 0 Å². The minimum absolute atomic E-state index is 1.08. The summed E-state index contributed by atoms with van der Waals surface area (Å²) in [4.78, 5) is 2.66. The molecular formula is C16H34N. The van der Waals surface area contributed by atoms with Crippen molar-refractivity contribution in [2.24, 2.45) is 0 Å². The summed E-state index contributed by atoms with van der Waals surface area (Å²) in [5.41, 5.74) is 0. The summed E-state index contributed by atoms with van der Waals surface area (Å²) in [5, 5.41) is 0. The normalized spacial score (nSPS) is 11.3. The zero-order chi connectivity index (χ0) is 12.8. The Labute approximate surface area is 110 Å². The molecule has 0 aromatic rings. The molecule has 0 aliphatic carbocycles. The second-order valence-electron chi connectivity index (χ2n) is 5.17. The highest BCUT2D eigenvalue weighted by Gasteiger charge is 2.03. The molecule has 1 radical (unpaired) electrons. The Morgan fingerprint density at radius 3 is 1.53 bits per heavy atom. The largest absolute Gasteiger partial charge is 0.303 e. The summed E-state index contributed by atoms with van der Waals surface area (Å²) < 4.78 is 0. The fourth-order valence-corrected chi connectivity index (χ4v) is 2.20. The lowest BCUT2D eigenvalue weighted by atomic mass is 10.1. The third-order valence-electron chi connectivity index (χ3n) is 3.38. The van der Waals surface area contributed by atoms with Crippen LogP contribution in [0.3, 0.4) is 0 Å². The van der Waals surface area contributed by atoms with E-state index in [2.05, 4.69) is 25.7 Å². The summed E-state index contributed by atoms with van der Waals surface area (Å²) in [6, 6.07) is 0. The lowest BCUT2D eigenvalue weighted by Gasteiger charge is -2.22. The summed E-state index contributed by atoms with van der Waals surface area (Å²) >= 11 is 0. The van der Waals surface area contributed by atoms with E-state index >= 15 is 0 Å². The summed E-state index contributed by atoms with van der Waals surface area (Å²) in [7, 11) is 0. The van der Waals surface area contributed by atoms with Gasteiger partial charge in [-0.2, -0.15) is 0 Å². The van der Waals surface area contributed by atoms with E-state index in [-0.39, 0.29) is 0 Å². The van der Waals surface area contributed by atoms with E-state index in [0.29, 0.717) is 0 Å². The van der Waals surface area contributed by atoms with Gasteiger partial charge in [0.05, 0.1) is 0 Å². The molecule has 0 aromatic heterocycles. The average Bonchev–Trinajstić information content (AvgIpc) is 2.35. The summed E-state index contributed by atoms with van der Waals surface area (Å²) in [6.45, 7) is 12.4. The molecular weight excluding hydrogens is 206 g/mol. The third kappa shape index (κ3) is 12.2. The van der Waals surface area contributed by atoms with Crippen molar-refractivity contribution in [2.75, 3.05) is 19.6 Å². The van der Waals surface area contributed by atoms with Crippen molar-refractivity contribution in [3.8, 4) is 0 Å². The van der Waals surface area contributed by atoms with Crippen LogP contribution in [0.1, 0.15) is 78.1 Å². The summed E-state index contributed by atoms with van der Waals surface area (Å²) in [6.07, 6.45) is 13.4. The maximum absolute atomic E-state index is 3.95. The van der Waals surface area contributed by atoms with Gasteiger partial charge in [-0.05, 0) is 38.9 Å². The first-order valence-corrected chi connectivity index (χ1v) is 7.86. The van der Waals surface area contributed by atoms with Gasteiger partial charge in [0.15, 0.2) is 0 Å². The van der Waals surface area contributed by atoms with Crippen molar-refractivity contribution < 1.29 is 0 Å². The molecule has 0 spiro atoms. The Bertz CT molecular complexity index is 121. The van der Waals surface area contributed by atoms with Crippen LogP contribution in [0.25, 0.3) is 0 Å². The van der Waals surface area contributed by atoms with Gasteiger partial charge in [0.2, 0.25) is 0 Å². The molecule has 103 valence electrons. The van der Waals surface area contributed by atoms with Crippen molar-refractivity contribution in [2.45, 2.75) is 78.1 Å². The van der Waals surface area contributed by atoms with Crippen molar-refractivity contribution in [3.05, 3.63) is 6.92 Å². The van der Waals surface area contributed by atoms with Crippen LogP contribution in [0.4, 0.5) is 0 Å². The molecule has 0 saturated heterocycles. The monoisotopic (exact) mass is 240 g/mol. The van der Waals surface area contributed by atoms with E-state index < -0.39 is 0 Å². The molecule has 0 aliphatic rings. The Kier molecular flexibility index (Phi) is 14.0. The lowest BCUT2D eigenvalue weighted by Crippen LogP contribution is -2.27. The van der Waals surface area contributed by atoms with Crippen molar-refractivity contribution in [1.82, 2.24) is 4.90 Å². The number of unbranched alkanes of at least 4 members (excludes halogenated alkanes) is 7. The van der Waals surface area contributed by atoms with Gasteiger partial charge >= 0.3 is 0 Å². The fourth-order valence-electron chi connectivity index (χ4n) is 2.20. The molecule has 0 atom stereocenters. The lowest BCUT2D eigenvalue weighted by molar-refractivity contribution is 0.258. The van der Waals surface area contributed by atoms with Gasteiger partial charge in [0.1, 0.15) is 0 Å². The van der Waals surface area contributed by atoms with Crippen LogP contribution >= 0.6 is 0 Å². The predicted molar refractivity (Wildman–Crippen MR) is 79.3 cm³/mol. The molecule has 0 bridgehead atoms. The van der Waals surface area contributed by atoms with Crippen molar-refractivity contribution in [1.29, 1.82) is 0 Å². The molecule has 0 N–H and O–H groups in total. The Balaban J connectivity index is 3.56. The van der Waals surface area contributed by atoms with Gasteiger partial charge in [0, 0.05) is 0 Å². The van der Waals surface area contributed by atoms with Crippen LogP contribution in [0, 0.1) is 6.92 Å². The van der Waals surface area contributed by atoms with Crippen molar-refractivity contribution >= 4 is 0 Å². The maximum atomic E-state index is 3.95. The quantitative estimate of drug-likeness (QED) is 0.407. The highest BCUT2D eigenvalue weighted by atomic mass is 15.1. The van der Waals surface area contributed by atoms with Gasteiger partial charge in [-0.15, -0.1) is 0 Å². The minimum Gasteiger partial charge on any atom is -0.303 e. The first-order chi connectivity index (χ1) is 8.35. The average molecular weight is 240 g/mol. The Morgan fingerprint density at radius 1 is 0.647 bits per heavy atom. The number of hydrogen-bond donors (Lipinski definition) is 0. The van der Waals surface area contributed by atoms with Crippen LogP contribution in [0.2, 0.25) is 0 Å². The van der Waals surface area contributed by atoms with E-state index in [4.69, 9.17) is 0 Å². The van der Waals surface area contributed by atoms with Gasteiger partial charge < -0.3 is 4.90 Å². The van der Waals surface area contributed by atoms with E-state index in [1.807, 2.05) is 0 Å². The van der Waals surface area contributed by atoms with Gasteiger partial charge in [0.25, 0.3) is 0 Å². The molecule has 0 aromatic carbocycles. The van der Waals surface area contributed by atoms with E-state index in [1.165, 1.54) is 77.4 Å². The number of rotatable bonds is 13. The second kappa shape index (κ2) is 14.0. The Hall–Kier alpha value is -0.0400. The topological polar surface area (TPSA) is 3.24 Å². The highest BCUT2D eigenvalue weighted by Crippen LogP contribution is 2.06. The minimum atomic E-state index is 1.08. The first-order valence-electron chi connectivity index (χ1n) is 7.86. The fraction of sp³-hybridized carbons (Fsp3) is 0.938. The zero-order valence-electron chi connectivity index (χ0n) is 12.3. The molecule has 1 nitrogen and oxygen atoms in total. The first kappa shape index (κ1) is 17.0. The van der Waals surface area contributed by atoms with Crippen LogP contribution in [0.15, 0.2) is 0 Å². The molecule has 0 fully saturated rings. The Morgan fingerprint density at radius 2 is 1.12 bits per heavy atom. The number of nitrogens with zero attached hydrogens (tertiary/aromatic N) is 1. The van der Waals surface area contributed by atoms with E-state index in [9.17, 15) is 0 Å². The summed E-state index contributed by atoms with van der Waals surface area (Å²) in [5.74, 6) is 0. The predicted octanol–water partition coefficient (Wildman–Crippen LogP) is 5.06. The zero-order valence-corrected chi connectivity index (χ0v) is 12.3. The van der Waals surface area contributed by atoms with E-state index in [0.717, 1.165) is 6.42 Å². The number of hydrogen-bond acceptors (Lipinski definition) is 1. The second-order valence-corrected chi connectivity index (χ2v) is 5.17. The van der Waals surface area contributed by atoms with Crippen molar-refractivity contribution in [3.63, 3.8) is 0 Å². The van der Waals surface area contributed by atoms with Gasteiger partial charge in [-0.25, -0.2) is 0 Å². The molecule has 0 amide bonds. The standard InChI is InChI=1S/C16H34N/c1-4-7-10-12-15-17(14-9-6-3)16-13-11-8-5-2/h3-16H2,1-2H3.